The summed E-state index contributed by atoms with van der Waals surface area (Å²) in [7, 11) is -0.602. The van der Waals surface area contributed by atoms with Gasteiger partial charge >= 0.3 is 24.1 Å². The number of likely N-dealkylation sites (N-methyl/N-ethyl adjacent to an activating group) is 1. The van der Waals surface area contributed by atoms with E-state index in [0.717, 1.165) is 21.7 Å². The average Bonchev–Trinajstić information content (AvgIpc) is 3.31. The van der Waals surface area contributed by atoms with E-state index in [4.69, 9.17) is 24.4 Å². The van der Waals surface area contributed by atoms with Gasteiger partial charge in [-0.2, -0.15) is 13.2 Å². The molecule has 0 amide bonds. The first-order chi connectivity index (χ1) is 21.2. The average molecular weight is 664 g/mol. The van der Waals surface area contributed by atoms with E-state index in [2.05, 4.69) is 39.2 Å². The smallest absolute Gasteiger partial charge is 0.490 e. The maximum absolute atomic E-state index is 14.0. The molecule has 0 saturated heterocycles. The highest BCUT2D eigenvalue weighted by atomic mass is 28.3. The van der Waals surface area contributed by atoms with E-state index in [9.17, 15) is 32.7 Å². The molecule has 5 rings (SSSR count). The number of pyridine rings is 2. The van der Waals surface area contributed by atoms with Crippen LogP contribution < -0.4 is 16.1 Å². The zero-order valence-electron chi connectivity index (χ0n) is 26.5. The zero-order valence-corrected chi connectivity index (χ0v) is 27.5. The van der Waals surface area contributed by atoms with Gasteiger partial charge in [-0.25, -0.2) is 14.6 Å². The van der Waals surface area contributed by atoms with Crippen molar-refractivity contribution in [1.29, 1.82) is 0 Å². The lowest BCUT2D eigenvalue weighted by Gasteiger charge is -2.39. The van der Waals surface area contributed by atoms with Crippen molar-refractivity contribution in [2.45, 2.75) is 77.2 Å². The van der Waals surface area contributed by atoms with Crippen LogP contribution in [0.1, 0.15) is 50.8 Å². The van der Waals surface area contributed by atoms with Gasteiger partial charge in [0.1, 0.15) is 12.4 Å². The number of halogens is 3. The van der Waals surface area contributed by atoms with Crippen molar-refractivity contribution >= 4 is 42.1 Å². The normalized spacial score (nSPS) is 17.3. The lowest BCUT2D eigenvalue weighted by atomic mass is 9.85. The molecule has 0 saturated carbocycles. The van der Waals surface area contributed by atoms with Crippen molar-refractivity contribution < 1.29 is 47.2 Å². The number of hydrogen-bond donors (Lipinski definition) is 3. The predicted molar refractivity (Wildman–Crippen MR) is 165 cm³/mol. The Bertz CT molecular complexity index is 1810. The number of nitrogens with one attached hydrogen (secondary N) is 1. The minimum Gasteiger partial charge on any atom is -0.508 e. The van der Waals surface area contributed by atoms with Gasteiger partial charge in [0.05, 0.1) is 43.6 Å². The number of nitrogens with zero attached hydrogens (tertiary/aromatic N) is 2. The Morgan fingerprint density at radius 1 is 1.15 bits per heavy atom. The molecule has 1 aromatic carbocycles. The van der Waals surface area contributed by atoms with Gasteiger partial charge in [0.15, 0.2) is 0 Å². The fourth-order valence-electron chi connectivity index (χ4n) is 5.69. The number of rotatable bonds is 5. The zero-order chi connectivity index (χ0) is 34.6. The van der Waals surface area contributed by atoms with E-state index in [1.807, 2.05) is 0 Å². The maximum Gasteiger partial charge on any atom is 0.490 e. The molecule has 3 N–H and O–H groups in total. The minimum absolute atomic E-state index is 0.0291. The molecule has 0 aliphatic carbocycles. The number of carbonyl (C=O) groups is 3. The van der Waals surface area contributed by atoms with Crippen molar-refractivity contribution in [3.8, 4) is 17.1 Å². The first-order valence-corrected chi connectivity index (χ1v) is 17.5. The van der Waals surface area contributed by atoms with E-state index < -0.39 is 37.8 Å². The quantitative estimate of drug-likeness (QED) is 0.211. The number of fused-ring (bicyclic) bond motifs is 5. The third-order valence-electron chi connectivity index (χ3n) is 8.99. The summed E-state index contributed by atoms with van der Waals surface area (Å²) in [5, 5.41) is 22.3. The second-order valence-electron chi connectivity index (χ2n) is 12.8. The molecule has 4 heterocycles. The number of carbonyl (C=O) groups excluding carboxylic acids is 2. The third-order valence-corrected chi connectivity index (χ3v) is 14.6. The highest BCUT2D eigenvalue weighted by Gasteiger charge is 2.51. The lowest BCUT2D eigenvalue weighted by molar-refractivity contribution is -0.192. The topological polar surface area (TPSA) is 157 Å². The SMILES string of the molecule is CC[C@@]1(OC(=O)CNC)C(=O)OCc2c1cc1n(c2=O)Cc2c-1nc1ccc(O)cc1c2[Si](C)(C)C(C)(C)C.O=C(O)C(F)(F)F. The van der Waals surface area contributed by atoms with Crippen LogP contribution in [-0.4, -0.2) is 65.5 Å². The summed E-state index contributed by atoms with van der Waals surface area (Å²) in [6.07, 6.45) is -4.97. The van der Waals surface area contributed by atoms with E-state index in [0.29, 0.717) is 29.1 Å². The maximum atomic E-state index is 14.0. The largest absolute Gasteiger partial charge is 0.508 e. The molecule has 1 atom stereocenters. The molecule has 2 aromatic heterocycles. The Labute approximate surface area is 263 Å². The van der Waals surface area contributed by atoms with Gasteiger partial charge in [0, 0.05) is 10.9 Å². The van der Waals surface area contributed by atoms with Crippen molar-refractivity contribution in [3.05, 3.63) is 51.3 Å². The van der Waals surface area contributed by atoms with Crippen LogP contribution in [0.3, 0.4) is 0 Å². The number of ether oxygens (including phenoxy) is 2. The van der Waals surface area contributed by atoms with Crippen LogP contribution in [0.15, 0.2) is 29.1 Å². The number of benzene rings is 1. The van der Waals surface area contributed by atoms with E-state index >= 15 is 0 Å². The molecular weight excluding hydrogens is 627 g/mol. The van der Waals surface area contributed by atoms with E-state index in [1.54, 1.807) is 42.8 Å². The molecule has 0 bridgehead atoms. The molecule has 2 aliphatic rings. The second kappa shape index (κ2) is 11.8. The van der Waals surface area contributed by atoms with Crippen molar-refractivity contribution in [2.75, 3.05) is 13.6 Å². The highest BCUT2D eigenvalue weighted by molar-refractivity contribution is 6.94. The molecule has 3 aromatic rings. The number of aliphatic carboxylic acids is 1. The molecule has 248 valence electrons. The summed E-state index contributed by atoms with van der Waals surface area (Å²) in [4.78, 5) is 53.6. The number of aromatic nitrogens is 2. The van der Waals surface area contributed by atoms with Crippen LogP contribution in [-0.2, 0) is 42.6 Å². The summed E-state index contributed by atoms with van der Waals surface area (Å²) in [5.41, 5.74) is 1.61. The fraction of sp³-hybridized carbons (Fsp3) is 0.452. The molecule has 46 heavy (non-hydrogen) atoms. The predicted octanol–water partition coefficient (Wildman–Crippen LogP) is 3.90. The van der Waals surface area contributed by atoms with Crippen molar-refractivity contribution in [3.63, 3.8) is 0 Å². The molecule has 11 nitrogen and oxygen atoms in total. The van der Waals surface area contributed by atoms with Crippen LogP contribution in [0.2, 0.25) is 18.1 Å². The lowest BCUT2D eigenvalue weighted by Crippen LogP contribution is -2.51. The Kier molecular flexibility index (Phi) is 8.91. The number of hydrogen-bond acceptors (Lipinski definition) is 9. The Morgan fingerprint density at radius 2 is 1.78 bits per heavy atom. The summed E-state index contributed by atoms with van der Waals surface area (Å²) in [6.45, 7) is 13.1. The van der Waals surface area contributed by atoms with Gasteiger partial charge in [0.2, 0.25) is 5.60 Å². The Balaban J connectivity index is 0.000000617. The summed E-state index contributed by atoms with van der Waals surface area (Å²) in [6, 6.07) is 6.97. The number of phenols is 1. The van der Waals surface area contributed by atoms with Gasteiger partial charge < -0.3 is 29.6 Å². The molecule has 0 radical (unpaired) electrons. The molecule has 2 aliphatic heterocycles. The first-order valence-electron chi connectivity index (χ1n) is 14.5. The molecule has 0 spiro atoms. The minimum atomic E-state index is -5.08. The van der Waals surface area contributed by atoms with Gasteiger partial charge in [-0.15, -0.1) is 0 Å². The van der Waals surface area contributed by atoms with E-state index in [-0.39, 0.29) is 35.9 Å². The molecule has 0 unspecified atom stereocenters. The number of carboxylic acid groups (broad SMARTS) is 1. The van der Waals surface area contributed by atoms with Crippen molar-refractivity contribution in [2.24, 2.45) is 0 Å². The molecule has 15 heteroatoms. The highest BCUT2D eigenvalue weighted by Crippen LogP contribution is 2.43. The number of phenolic OH excluding ortho intramolecular Hbond substituents is 1. The van der Waals surface area contributed by atoms with Crippen molar-refractivity contribution in [1.82, 2.24) is 14.9 Å². The monoisotopic (exact) mass is 663 g/mol. The van der Waals surface area contributed by atoms with Crippen LogP contribution in [0.25, 0.3) is 22.3 Å². The van der Waals surface area contributed by atoms with Crippen LogP contribution in [0.5, 0.6) is 5.75 Å². The number of esters is 2. The van der Waals surface area contributed by atoms with Crippen LogP contribution in [0, 0.1) is 0 Å². The number of cyclic esters (lactones) is 1. The van der Waals surface area contributed by atoms with Gasteiger partial charge in [-0.3, -0.25) is 9.59 Å². The van der Waals surface area contributed by atoms with Gasteiger partial charge in [0.25, 0.3) is 5.56 Å². The van der Waals surface area contributed by atoms with Crippen LogP contribution in [0.4, 0.5) is 13.2 Å². The third kappa shape index (κ3) is 5.77. The number of alkyl halides is 3. The summed E-state index contributed by atoms with van der Waals surface area (Å²) >= 11 is 0. The Hall–Kier alpha value is -4.24. The number of carboxylic acids is 1. The molecular formula is C31H36F3N3O8Si. The molecule has 0 fully saturated rings. The summed E-state index contributed by atoms with van der Waals surface area (Å²) in [5.74, 6) is -3.89. The standard InChI is InChI=1S/C29H35N3O6Si.C2HF3O2/c1-8-29(38-23(34)13-30-5)20-12-22-24-18(14-32(22)26(35)19(20)15-37-27(29)36)25(39(6,7)28(2,3)4)17-11-16(33)9-10-21(17)31-24;3-2(4,5)1(6)7/h9-12,30,33H,8,13-15H2,1-7H3;(H,6,7)/t29-;/m0./s1. The van der Waals surface area contributed by atoms with E-state index in [1.165, 1.54) is 0 Å². The van der Waals surface area contributed by atoms with Crippen LogP contribution >= 0.6 is 0 Å². The van der Waals surface area contributed by atoms with Gasteiger partial charge in [-0.1, -0.05) is 40.8 Å². The number of aromatic hydroxyl groups is 1. The van der Waals surface area contributed by atoms with Gasteiger partial charge in [-0.05, 0) is 53.5 Å². The Morgan fingerprint density at radius 3 is 2.33 bits per heavy atom. The summed E-state index contributed by atoms with van der Waals surface area (Å²) < 4.78 is 44.6. The first kappa shape index (κ1) is 34.6. The fourth-order valence-corrected chi connectivity index (χ4v) is 8.26. The second-order valence-corrected chi connectivity index (χ2v) is 18.0.